The van der Waals surface area contributed by atoms with Crippen molar-refractivity contribution in [3.05, 3.63) is 33.8 Å². The lowest BCUT2D eigenvalue weighted by molar-refractivity contribution is 0.0268. The molecule has 1 fully saturated rings. The van der Waals surface area contributed by atoms with Gasteiger partial charge in [0, 0.05) is 12.1 Å². The minimum Gasteiger partial charge on any atom is -0.391 e. The normalized spacial score (nSPS) is 23.2. The maximum atomic E-state index is 12.4. The second-order valence-corrected chi connectivity index (χ2v) is 5.80. The zero-order chi connectivity index (χ0) is 14.0. The number of halogens is 2. The third-order valence-corrected chi connectivity index (χ3v) is 4.22. The Bertz CT molecular complexity index is 479. The van der Waals surface area contributed by atoms with Crippen molar-refractivity contribution in [3.63, 3.8) is 0 Å². The molecule has 1 aromatic carbocycles. The number of hydrogen-bond donors (Lipinski definition) is 1. The third-order valence-electron chi connectivity index (χ3n) is 3.67. The number of rotatable bonds is 2. The first-order valence-electron chi connectivity index (χ1n) is 6.41. The van der Waals surface area contributed by atoms with Gasteiger partial charge in [-0.2, -0.15) is 0 Å². The maximum absolute atomic E-state index is 12.4. The summed E-state index contributed by atoms with van der Waals surface area (Å²) in [5.74, 6) is -0.174. The van der Waals surface area contributed by atoms with Crippen LogP contribution in [0.1, 0.15) is 36.0 Å². The predicted octanol–water partition coefficient (Wildman–Crippen LogP) is 3.37. The van der Waals surface area contributed by atoms with Crippen LogP contribution in [0.4, 0.5) is 0 Å². The van der Waals surface area contributed by atoms with Gasteiger partial charge in [0.15, 0.2) is 0 Å². The molecular weight excluding hydrogens is 285 g/mol. The molecule has 1 aliphatic carbocycles. The van der Waals surface area contributed by atoms with Crippen molar-refractivity contribution in [2.24, 2.45) is 0 Å². The Hall–Kier alpha value is -0.770. The van der Waals surface area contributed by atoms with E-state index in [1.807, 2.05) is 0 Å². The number of hydrogen-bond acceptors (Lipinski definition) is 2. The highest BCUT2D eigenvalue weighted by atomic mass is 35.5. The summed E-state index contributed by atoms with van der Waals surface area (Å²) >= 11 is 11.9. The Labute approximate surface area is 123 Å². The van der Waals surface area contributed by atoms with E-state index in [9.17, 15) is 9.90 Å². The van der Waals surface area contributed by atoms with Gasteiger partial charge in [0.05, 0.1) is 22.7 Å². The highest BCUT2D eigenvalue weighted by Crippen LogP contribution is 2.26. The van der Waals surface area contributed by atoms with Crippen LogP contribution in [-0.2, 0) is 0 Å². The first kappa shape index (κ1) is 14.6. The molecule has 0 radical (unpaired) electrons. The van der Waals surface area contributed by atoms with Crippen LogP contribution < -0.4 is 0 Å². The minimum atomic E-state index is -0.450. The van der Waals surface area contributed by atoms with E-state index in [2.05, 4.69) is 0 Å². The van der Waals surface area contributed by atoms with Crippen molar-refractivity contribution in [1.82, 2.24) is 4.90 Å². The Morgan fingerprint density at radius 3 is 2.63 bits per heavy atom. The van der Waals surface area contributed by atoms with Gasteiger partial charge in [-0.05, 0) is 31.0 Å². The molecule has 1 aromatic rings. The van der Waals surface area contributed by atoms with Crippen molar-refractivity contribution in [2.75, 3.05) is 7.05 Å². The summed E-state index contributed by atoms with van der Waals surface area (Å²) in [5.41, 5.74) is 0.423. The first-order chi connectivity index (χ1) is 9.00. The van der Waals surface area contributed by atoms with Gasteiger partial charge >= 0.3 is 0 Å². The van der Waals surface area contributed by atoms with Gasteiger partial charge < -0.3 is 10.0 Å². The van der Waals surface area contributed by atoms with E-state index < -0.39 is 6.10 Å². The minimum absolute atomic E-state index is 0.131. The summed E-state index contributed by atoms with van der Waals surface area (Å²) in [4.78, 5) is 14.0. The highest BCUT2D eigenvalue weighted by molar-refractivity contribution is 6.36. The molecule has 0 heterocycles. The van der Waals surface area contributed by atoms with E-state index in [1.54, 1.807) is 30.1 Å². The molecule has 0 saturated heterocycles. The standard InChI is InChI=1S/C14H17Cl2NO2/c1-17(12-4-2-3-5-13(12)18)14(19)10-7-6-9(15)8-11(10)16/h6-8,12-13,18H,2-5H2,1H3/t12-,13+/m1/s1. The molecule has 0 spiro atoms. The van der Waals surface area contributed by atoms with Crippen LogP contribution in [0.15, 0.2) is 18.2 Å². The van der Waals surface area contributed by atoms with Crippen molar-refractivity contribution in [1.29, 1.82) is 0 Å². The van der Waals surface area contributed by atoms with Gasteiger partial charge in [-0.1, -0.05) is 36.0 Å². The topological polar surface area (TPSA) is 40.5 Å². The number of carbonyl (C=O) groups excluding carboxylic acids is 1. The van der Waals surface area contributed by atoms with Crippen LogP contribution in [0, 0.1) is 0 Å². The van der Waals surface area contributed by atoms with E-state index >= 15 is 0 Å². The van der Waals surface area contributed by atoms with E-state index in [4.69, 9.17) is 23.2 Å². The van der Waals surface area contributed by atoms with Crippen molar-refractivity contribution in [2.45, 2.75) is 37.8 Å². The van der Waals surface area contributed by atoms with Gasteiger partial charge in [0.25, 0.3) is 5.91 Å². The zero-order valence-corrected chi connectivity index (χ0v) is 12.3. The lowest BCUT2D eigenvalue weighted by Gasteiger charge is -2.35. The van der Waals surface area contributed by atoms with E-state index in [0.717, 1.165) is 25.7 Å². The quantitative estimate of drug-likeness (QED) is 0.910. The van der Waals surface area contributed by atoms with E-state index in [0.29, 0.717) is 15.6 Å². The molecular formula is C14H17Cl2NO2. The van der Waals surface area contributed by atoms with Crippen molar-refractivity contribution >= 4 is 29.1 Å². The van der Waals surface area contributed by atoms with Gasteiger partial charge in [0.1, 0.15) is 0 Å². The van der Waals surface area contributed by atoms with Gasteiger partial charge in [-0.3, -0.25) is 4.79 Å². The van der Waals surface area contributed by atoms with Gasteiger partial charge in [-0.25, -0.2) is 0 Å². The molecule has 1 saturated carbocycles. The molecule has 0 unspecified atom stereocenters. The second-order valence-electron chi connectivity index (χ2n) is 4.96. The summed E-state index contributed by atoms with van der Waals surface area (Å²) in [6.07, 6.45) is 3.18. The Balaban J connectivity index is 2.18. The SMILES string of the molecule is CN(C(=O)c1ccc(Cl)cc1Cl)[C@@H]1CCCC[C@@H]1O. The summed E-state index contributed by atoms with van der Waals surface area (Å²) in [5, 5.41) is 10.8. The summed E-state index contributed by atoms with van der Waals surface area (Å²) in [6, 6.07) is 4.69. The lowest BCUT2D eigenvalue weighted by Crippen LogP contribution is -2.46. The number of amides is 1. The summed E-state index contributed by atoms with van der Waals surface area (Å²) in [6.45, 7) is 0. The number of nitrogens with zero attached hydrogens (tertiary/aromatic N) is 1. The number of likely N-dealkylation sites (N-methyl/N-ethyl adjacent to an activating group) is 1. The van der Waals surface area contributed by atoms with Crippen LogP contribution >= 0.6 is 23.2 Å². The molecule has 1 amide bonds. The number of benzene rings is 1. The predicted molar refractivity (Wildman–Crippen MR) is 76.8 cm³/mol. The highest BCUT2D eigenvalue weighted by Gasteiger charge is 2.30. The van der Waals surface area contributed by atoms with Crippen LogP contribution in [0.2, 0.25) is 10.0 Å². The van der Waals surface area contributed by atoms with Gasteiger partial charge in [-0.15, -0.1) is 0 Å². The molecule has 5 heteroatoms. The summed E-state index contributed by atoms with van der Waals surface area (Å²) in [7, 11) is 1.71. The molecule has 19 heavy (non-hydrogen) atoms. The zero-order valence-electron chi connectivity index (χ0n) is 10.8. The Kier molecular flexibility index (Phi) is 4.71. The largest absolute Gasteiger partial charge is 0.391 e. The molecule has 0 aliphatic heterocycles. The van der Waals surface area contributed by atoms with E-state index in [-0.39, 0.29) is 11.9 Å². The molecule has 2 atom stereocenters. The smallest absolute Gasteiger partial charge is 0.255 e. The monoisotopic (exact) mass is 301 g/mol. The second kappa shape index (κ2) is 6.12. The molecule has 1 N–H and O–H groups in total. The average molecular weight is 302 g/mol. The van der Waals surface area contributed by atoms with Crippen LogP contribution in [0.25, 0.3) is 0 Å². The third kappa shape index (κ3) is 3.22. The van der Waals surface area contributed by atoms with Crippen LogP contribution in [-0.4, -0.2) is 35.1 Å². The first-order valence-corrected chi connectivity index (χ1v) is 7.16. The van der Waals surface area contributed by atoms with Gasteiger partial charge in [0.2, 0.25) is 0 Å². The fourth-order valence-corrected chi connectivity index (χ4v) is 3.04. The molecule has 3 nitrogen and oxygen atoms in total. The Morgan fingerprint density at radius 2 is 2.00 bits per heavy atom. The number of aliphatic hydroxyl groups excluding tert-OH is 1. The molecule has 0 aromatic heterocycles. The molecule has 1 aliphatic rings. The average Bonchev–Trinajstić information content (AvgIpc) is 2.38. The Morgan fingerprint density at radius 1 is 1.32 bits per heavy atom. The number of carbonyl (C=O) groups is 1. The fourth-order valence-electron chi connectivity index (χ4n) is 2.55. The molecule has 104 valence electrons. The fraction of sp³-hybridized carbons (Fsp3) is 0.500. The lowest BCUT2D eigenvalue weighted by atomic mass is 9.91. The van der Waals surface area contributed by atoms with Crippen LogP contribution in [0.3, 0.4) is 0 Å². The maximum Gasteiger partial charge on any atom is 0.255 e. The summed E-state index contributed by atoms with van der Waals surface area (Å²) < 4.78 is 0. The van der Waals surface area contributed by atoms with Crippen LogP contribution in [0.5, 0.6) is 0 Å². The molecule has 0 bridgehead atoms. The van der Waals surface area contributed by atoms with Crippen molar-refractivity contribution in [3.8, 4) is 0 Å². The molecule has 2 rings (SSSR count). The number of aliphatic hydroxyl groups is 1. The van der Waals surface area contributed by atoms with E-state index in [1.165, 1.54) is 0 Å². The van der Waals surface area contributed by atoms with Crippen molar-refractivity contribution < 1.29 is 9.90 Å².